The number of benzene rings is 1. The number of aryl methyl sites for hydroxylation is 1. The summed E-state index contributed by atoms with van der Waals surface area (Å²) in [6.45, 7) is 3.18. The highest BCUT2D eigenvalue weighted by Crippen LogP contribution is 2.32. The summed E-state index contributed by atoms with van der Waals surface area (Å²) in [5.41, 5.74) is 3.91. The lowest BCUT2D eigenvalue weighted by molar-refractivity contribution is -0.0244. The van der Waals surface area contributed by atoms with Crippen LogP contribution in [0.2, 0.25) is 0 Å². The number of ether oxygens (including phenoxy) is 2. The minimum atomic E-state index is -0.372. The standard InChI is InChI=1S/C22H26N6O3/c1-14-17(12-24-26-14)21(29)28-9-10-31-19(13-28)20-18(11-23-22(25-20)27(2)3)15-5-7-16(30-4)8-6-15/h5-8,11-12,19H,9-10,13H2,1-4H3,(H,24,26)/t19-/m1/s1. The lowest BCUT2D eigenvalue weighted by Gasteiger charge is -2.33. The molecule has 9 nitrogen and oxygen atoms in total. The first kappa shape index (κ1) is 20.8. The minimum absolute atomic E-state index is 0.0626. The Bertz CT molecular complexity index is 1060. The number of hydrogen-bond acceptors (Lipinski definition) is 7. The molecule has 1 aliphatic heterocycles. The monoisotopic (exact) mass is 422 g/mol. The number of carbonyl (C=O) groups is 1. The van der Waals surface area contributed by atoms with Gasteiger partial charge in [0.25, 0.3) is 5.91 Å². The molecular formula is C22H26N6O3. The van der Waals surface area contributed by atoms with Crippen LogP contribution in [-0.2, 0) is 4.74 Å². The fraction of sp³-hybridized carbons (Fsp3) is 0.364. The van der Waals surface area contributed by atoms with E-state index in [0.29, 0.717) is 31.2 Å². The van der Waals surface area contributed by atoms with E-state index in [1.807, 2.05) is 56.4 Å². The Hall–Kier alpha value is -3.46. The third-order valence-electron chi connectivity index (χ3n) is 5.33. The SMILES string of the molecule is COc1ccc(-c2cnc(N(C)C)nc2[C@H]2CN(C(=O)c3cn[nH]c3C)CCO2)cc1. The van der Waals surface area contributed by atoms with Gasteiger partial charge < -0.3 is 19.3 Å². The fourth-order valence-electron chi connectivity index (χ4n) is 3.57. The molecule has 1 amide bonds. The second kappa shape index (κ2) is 8.73. The zero-order chi connectivity index (χ0) is 22.0. The van der Waals surface area contributed by atoms with Crippen molar-refractivity contribution >= 4 is 11.9 Å². The Morgan fingerprint density at radius 2 is 2.03 bits per heavy atom. The van der Waals surface area contributed by atoms with Crippen molar-refractivity contribution in [1.82, 2.24) is 25.1 Å². The van der Waals surface area contributed by atoms with Gasteiger partial charge in [0.1, 0.15) is 11.9 Å². The predicted octanol–water partition coefficient (Wildman–Crippen LogP) is 2.46. The first-order valence-corrected chi connectivity index (χ1v) is 10.1. The van der Waals surface area contributed by atoms with Crippen molar-refractivity contribution in [3.63, 3.8) is 0 Å². The fourth-order valence-corrected chi connectivity index (χ4v) is 3.57. The van der Waals surface area contributed by atoms with Gasteiger partial charge in [0, 0.05) is 38.1 Å². The Morgan fingerprint density at radius 1 is 1.26 bits per heavy atom. The average molecular weight is 422 g/mol. The summed E-state index contributed by atoms with van der Waals surface area (Å²) in [7, 11) is 5.43. The summed E-state index contributed by atoms with van der Waals surface area (Å²) >= 11 is 0. The normalized spacial score (nSPS) is 16.3. The van der Waals surface area contributed by atoms with Crippen LogP contribution in [0.1, 0.15) is 27.8 Å². The summed E-state index contributed by atoms with van der Waals surface area (Å²) in [4.78, 5) is 25.9. The molecule has 0 spiro atoms. The van der Waals surface area contributed by atoms with E-state index in [0.717, 1.165) is 28.3 Å². The van der Waals surface area contributed by atoms with Gasteiger partial charge in [0.15, 0.2) is 0 Å². The number of aromatic amines is 1. The van der Waals surface area contributed by atoms with Crippen LogP contribution in [0.5, 0.6) is 5.75 Å². The lowest BCUT2D eigenvalue weighted by atomic mass is 10.0. The van der Waals surface area contributed by atoms with Crippen LogP contribution in [0.4, 0.5) is 5.95 Å². The van der Waals surface area contributed by atoms with Gasteiger partial charge in [0.2, 0.25) is 5.95 Å². The highest BCUT2D eigenvalue weighted by molar-refractivity contribution is 5.95. The molecule has 0 aliphatic carbocycles. The van der Waals surface area contributed by atoms with Crippen molar-refractivity contribution in [2.24, 2.45) is 0 Å². The molecule has 3 aromatic rings. The maximum absolute atomic E-state index is 13.0. The van der Waals surface area contributed by atoms with Crippen LogP contribution in [0.25, 0.3) is 11.1 Å². The Balaban J connectivity index is 1.68. The largest absolute Gasteiger partial charge is 0.497 e. The number of aromatic nitrogens is 4. The summed E-state index contributed by atoms with van der Waals surface area (Å²) in [5.74, 6) is 1.30. The van der Waals surface area contributed by atoms with Crippen molar-refractivity contribution in [3.8, 4) is 16.9 Å². The Morgan fingerprint density at radius 3 is 2.68 bits per heavy atom. The van der Waals surface area contributed by atoms with E-state index in [1.165, 1.54) is 0 Å². The highest BCUT2D eigenvalue weighted by Gasteiger charge is 2.30. The average Bonchev–Trinajstić information content (AvgIpc) is 3.24. The number of amides is 1. The molecule has 162 valence electrons. The van der Waals surface area contributed by atoms with Crippen LogP contribution < -0.4 is 9.64 Å². The highest BCUT2D eigenvalue weighted by atomic mass is 16.5. The topological polar surface area (TPSA) is 96.5 Å². The van der Waals surface area contributed by atoms with E-state index in [1.54, 1.807) is 18.2 Å². The summed E-state index contributed by atoms with van der Waals surface area (Å²) < 4.78 is 11.4. The molecule has 0 radical (unpaired) electrons. The molecule has 3 heterocycles. The number of nitrogens with one attached hydrogen (secondary N) is 1. The van der Waals surface area contributed by atoms with Gasteiger partial charge in [-0.1, -0.05) is 12.1 Å². The molecule has 2 aromatic heterocycles. The van der Waals surface area contributed by atoms with E-state index in [9.17, 15) is 4.79 Å². The van der Waals surface area contributed by atoms with Crippen LogP contribution in [-0.4, -0.2) is 71.9 Å². The maximum atomic E-state index is 13.0. The number of nitrogens with zero attached hydrogens (tertiary/aromatic N) is 5. The summed E-state index contributed by atoms with van der Waals surface area (Å²) in [5, 5.41) is 6.80. The molecule has 1 aliphatic rings. The third-order valence-corrected chi connectivity index (χ3v) is 5.33. The molecule has 1 N–H and O–H groups in total. The van der Waals surface area contributed by atoms with Gasteiger partial charge in [-0.05, 0) is 24.6 Å². The number of morpholine rings is 1. The second-order valence-corrected chi connectivity index (χ2v) is 7.61. The van der Waals surface area contributed by atoms with Crippen LogP contribution >= 0.6 is 0 Å². The Kier molecular flexibility index (Phi) is 5.85. The van der Waals surface area contributed by atoms with Crippen molar-refractivity contribution < 1.29 is 14.3 Å². The number of rotatable bonds is 5. The van der Waals surface area contributed by atoms with Crippen LogP contribution in [0.15, 0.2) is 36.7 Å². The molecule has 4 rings (SSSR count). The van der Waals surface area contributed by atoms with Gasteiger partial charge in [-0.25, -0.2) is 9.97 Å². The maximum Gasteiger partial charge on any atom is 0.257 e. The van der Waals surface area contributed by atoms with Crippen LogP contribution in [0, 0.1) is 6.92 Å². The summed E-state index contributed by atoms with van der Waals surface area (Å²) in [6.07, 6.45) is 3.01. The van der Waals surface area contributed by atoms with E-state index < -0.39 is 0 Å². The molecule has 1 fully saturated rings. The van der Waals surface area contributed by atoms with Gasteiger partial charge in [0.05, 0.1) is 37.7 Å². The zero-order valence-electron chi connectivity index (χ0n) is 18.1. The zero-order valence-corrected chi connectivity index (χ0v) is 18.1. The van der Waals surface area contributed by atoms with Crippen molar-refractivity contribution in [2.75, 3.05) is 45.8 Å². The first-order valence-electron chi connectivity index (χ1n) is 10.1. The van der Waals surface area contributed by atoms with Gasteiger partial charge in [-0.3, -0.25) is 9.89 Å². The molecule has 1 saturated heterocycles. The van der Waals surface area contributed by atoms with Crippen molar-refractivity contribution in [2.45, 2.75) is 13.0 Å². The molecule has 0 bridgehead atoms. The van der Waals surface area contributed by atoms with Gasteiger partial charge in [-0.15, -0.1) is 0 Å². The first-order chi connectivity index (χ1) is 15.0. The third kappa shape index (κ3) is 4.22. The number of carbonyl (C=O) groups excluding carboxylic acids is 1. The van der Waals surface area contributed by atoms with E-state index in [-0.39, 0.29) is 12.0 Å². The smallest absolute Gasteiger partial charge is 0.257 e. The minimum Gasteiger partial charge on any atom is -0.497 e. The lowest BCUT2D eigenvalue weighted by Crippen LogP contribution is -2.42. The van der Waals surface area contributed by atoms with Gasteiger partial charge in [-0.2, -0.15) is 5.10 Å². The molecule has 1 aromatic carbocycles. The van der Waals surface area contributed by atoms with E-state index in [4.69, 9.17) is 14.5 Å². The molecule has 9 heteroatoms. The number of H-pyrrole nitrogens is 1. The van der Waals surface area contributed by atoms with Crippen LogP contribution in [0.3, 0.4) is 0 Å². The Labute approximate surface area is 181 Å². The molecule has 1 atom stereocenters. The molecular weight excluding hydrogens is 396 g/mol. The quantitative estimate of drug-likeness (QED) is 0.675. The van der Waals surface area contributed by atoms with Crippen molar-refractivity contribution in [1.29, 1.82) is 0 Å². The van der Waals surface area contributed by atoms with E-state index >= 15 is 0 Å². The number of methoxy groups -OCH3 is 1. The predicted molar refractivity (Wildman–Crippen MR) is 116 cm³/mol. The number of anilines is 1. The molecule has 0 saturated carbocycles. The number of hydrogen-bond donors (Lipinski definition) is 1. The van der Waals surface area contributed by atoms with E-state index in [2.05, 4.69) is 15.2 Å². The van der Waals surface area contributed by atoms with Crippen molar-refractivity contribution in [3.05, 3.63) is 53.6 Å². The second-order valence-electron chi connectivity index (χ2n) is 7.61. The molecule has 31 heavy (non-hydrogen) atoms. The van der Waals surface area contributed by atoms with Gasteiger partial charge >= 0.3 is 0 Å². The molecule has 0 unspecified atom stereocenters. The summed E-state index contributed by atoms with van der Waals surface area (Å²) in [6, 6.07) is 7.74.